The van der Waals surface area contributed by atoms with Gasteiger partial charge >= 0.3 is 0 Å². The maximum absolute atomic E-state index is 6.40. The van der Waals surface area contributed by atoms with Crippen molar-refractivity contribution in [3.63, 3.8) is 0 Å². The second kappa shape index (κ2) is 22.7. The zero-order valence-electron chi connectivity index (χ0n) is 42.9. The normalized spacial score (nSPS) is 15.2. The van der Waals surface area contributed by atoms with Crippen LogP contribution in [0.3, 0.4) is 0 Å². The zero-order valence-corrected chi connectivity index (χ0v) is 42.9. The lowest BCUT2D eigenvalue weighted by molar-refractivity contribution is -0.150. The Morgan fingerprint density at radius 3 is 1.36 bits per heavy atom. The van der Waals surface area contributed by atoms with Gasteiger partial charge in [0, 0.05) is 48.0 Å². The van der Waals surface area contributed by atoms with E-state index in [0.717, 1.165) is 151 Å². The van der Waals surface area contributed by atoms with Crippen LogP contribution in [0.1, 0.15) is 76.3 Å². The largest absolute Gasteiger partial charge is 0.456 e. The van der Waals surface area contributed by atoms with Crippen molar-refractivity contribution in [1.29, 1.82) is 0 Å². The topological polar surface area (TPSA) is 68.5 Å². The Hall–Kier alpha value is -5.90. The van der Waals surface area contributed by atoms with Crippen molar-refractivity contribution in [1.82, 2.24) is 0 Å². The van der Waals surface area contributed by atoms with Crippen LogP contribution in [0.25, 0.3) is 87.6 Å². The molecule has 73 heavy (non-hydrogen) atoms. The molecule has 0 N–H and O–H groups in total. The third-order valence-electron chi connectivity index (χ3n) is 15.9. The summed E-state index contributed by atoms with van der Waals surface area (Å²) in [5.41, 5.74) is 11.9. The summed E-state index contributed by atoms with van der Waals surface area (Å²) in [6, 6.07) is 53.5. The van der Waals surface area contributed by atoms with Gasteiger partial charge in [0.05, 0.1) is 52.9 Å². The van der Waals surface area contributed by atoms with Crippen molar-refractivity contribution in [2.75, 3.05) is 66.1 Å². The van der Waals surface area contributed by atoms with E-state index in [1.165, 1.54) is 65.7 Å². The first-order chi connectivity index (χ1) is 36.0. The maximum Gasteiger partial charge on any atom is 0.135 e. The molecule has 1 aromatic heterocycles. The fraction of sp³-hybridized carbons (Fsp3) is 0.364. The van der Waals surface area contributed by atoms with E-state index in [2.05, 4.69) is 159 Å². The molecule has 2 aliphatic rings. The quantitative estimate of drug-likeness (QED) is 0.0417. The molecule has 2 fully saturated rings. The fourth-order valence-electron chi connectivity index (χ4n) is 11.0. The predicted molar refractivity (Wildman–Crippen MR) is 298 cm³/mol. The van der Waals surface area contributed by atoms with Gasteiger partial charge in [-0.1, -0.05) is 135 Å². The van der Waals surface area contributed by atoms with Crippen LogP contribution >= 0.6 is 0 Å². The molecule has 2 saturated heterocycles. The van der Waals surface area contributed by atoms with Crippen LogP contribution in [0.4, 0.5) is 0 Å². The molecule has 0 radical (unpaired) electrons. The average Bonchev–Trinajstić information content (AvgIpc) is 3.78. The minimum atomic E-state index is 0.251. The first-order valence-electron chi connectivity index (χ1n) is 27.0. The maximum atomic E-state index is 6.40. The monoisotopic (exact) mass is 975 g/mol. The summed E-state index contributed by atoms with van der Waals surface area (Å²) < 4.78 is 41.6. The van der Waals surface area contributed by atoms with Gasteiger partial charge in [-0.2, -0.15) is 0 Å². The molecule has 376 valence electrons. The standard InChI is InChI=1S/C66H70O7/c1-3-65(43-71-44-65)41-69-35-15-5-13-33-67-39-47-23-26-49(27-24-47)63-54-19-9-11-21-56(54)64(57-22-12-10-20-55(57)63)58-30-29-51(52-17-7-8-18-53(52)58)50-28-32-62-60(38-50)59-37-48(25-31-61(59)73-62)40-68-34-14-6-16-36-70-42-66(4-2)45-72-46-66/h7-12,17-32,37-38H,3-6,13-16,33-36,39-46H2,1-2H3. The predicted octanol–water partition coefficient (Wildman–Crippen LogP) is 16.3. The lowest BCUT2D eigenvalue weighted by Crippen LogP contribution is -2.45. The van der Waals surface area contributed by atoms with Gasteiger partial charge in [-0.3, -0.25) is 0 Å². The average molecular weight is 975 g/mol. The van der Waals surface area contributed by atoms with Crippen LogP contribution in [0, 0.1) is 10.8 Å². The number of fused-ring (bicyclic) bond motifs is 6. The smallest absolute Gasteiger partial charge is 0.135 e. The molecule has 0 spiro atoms. The van der Waals surface area contributed by atoms with E-state index in [9.17, 15) is 0 Å². The minimum absolute atomic E-state index is 0.251. The Kier molecular flexibility index (Phi) is 15.3. The van der Waals surface area contributed by atoms with Crippen LogP contribution in [0.15, 0.2) is 150 Å². The van der Waals surface area contributed by atoms with Gasteiger partial charge in [0.15, 0.2) is 0 Å². The van der Waals surface area contributed by atoms with Crippen molar-refractivity contribution >= 4 is 54.3 Å². The van der Waals surface area contributed by atoms with Gasteiger partial charge in [0.25, 0.3) is 0 Å². The van der Waals surface area contributed by atoms with Crippen molar-refractivity contribution in [2.24, 2.45) is 10.8 Å². The Balaban J connectivity index is 0.788. The summed E-state index contributed by atoms with van der Waals surface area (Å²) in [5.74, 6) is 0. The van der Waals surface area contributed by atoms with Crippen LogP contribution in [0.5, 0.6) is 0 Å². The fourth-order valence-corrected chi connectivity index (χ4v) is 11.0. The van der Waals surface area contributed by atoms with Crippen LogP contribution < -0.4 is 0 Å². The number of ether oxygens (including phenoxy) is 6. The molecular formula is C66H70O7. The number of hydrogen-bond donors (Lipinski definition) is 0. The summed E-state index contributed by atoms with van der Waals surface area (Å²) in [4.78, 5) is 0. The van der Waals surface area contributed by atoms with E-state index < -0.39 is 0 Å². The molecule has 7 heteroatoms. The first kappa shape index (κ1) is 49.3. The van der Waals surface area contributed by atoms with Gasteiger partial charge in [0.1, 0.15) is 11.2 Å². The molecule has 0 unspecified atom stereocenters. The third-order valence-corrected chi connectivity index (χ3v) is 15.9. The summed E-state index contributed by atoms with van der Waals surface area (Å²) in [5, 5.41) is 9.63. The Morgan fingerprint density at radius 1 is 0.384 bits per heavy atom. The van der Waals surface area contributed by atoms with E-state index >= 15 is 0 Å². The summed E-state index contributed by atoms with van der Waals surface area (Å²) >= 11 is 0. The molecule has 0 amide bonds. The van der Waals surface area contributed by atoms with Gasteiger partial charge in [-0.15, -0.1) is 0 Å². The number of benzene rings is 8. The van der Waals surface area contributed by atoms with Crippen LogP contribution in [-0.2, 0) is 41.6 Å². The first-order valence-corrected chi connectivity index (χ1v) is 27.0. The highest BCUT2D eigenvalue weighted by Crippen LogP contribution is 2.47. The second-order valence-electron chi connectivity index (χ2n) is 20.9. The van der Waals surface area contributed by atoms with E-state index in [-0.39, 0.29) is 10.8 Å². The lowest BCUT2D eigenvalue weighted by atomic mass is 9.83. The number of unbranched alkanes of at least 4 members (excludes halogenated alkanes) is 4. The van der Waals surface area contributed by atoms with Gasteiger partial charge in [-0.05, 0) is 152 Å². The molecule has 0 atom stereocenters. The van der Waals surface area contributed by atoms with Crippen molar-refractivity contribution < 1.29 is 32.8 Å². The number of rotatable bonds is 25. The number of hydrogen-bond acceptors (Lipinski definition) is 7. The van der Waals surface area contributed by atoms with Crippen molar-refractivity contribution in [2.45, 2.75) is 78.4 Å². The Bertz CT molecular complexity index is 3240. The molecule has 0 saturated carbocycles. The van der Waals surface area contributed by atoms with E-state index in [4.69, 9.17) is 32.8 Å². The Morgan fingerprint density at radius 2 is 0.822 bits per heavy atom. The molecule has 8 aromatic carbocycles. The number of furan rings is 1. The van der Waals surface area contributed by atoms with E-state index in [0.29, 0.717) is 13.2 Å². The molecule has 2 aliphatic heterocycles. The highest BCUT2D eigenvalue weighted by atomic mass is 16.5. The highest BCUT2D eigenvalue weighted by molar-refractivity contribution is 6.24. The van der Waals surface area contributed by atoms with Gasteiger partial charge in [0.2, 0.25) is 0 Å². The second-order valence-corrected chi connectivity index (χ2v) is 20.9. The lowest BCUT2D eigenvalue weighted by Gasteiger charge is -2.40. The van der Waals surface area contributed by atoms with Crippen LogP contribution in [-0.4, -0.2) is 66.1 Å². The summed E-state index contributed by atoms with van der Waals surface area (Å²) in [6.45, 7) is 13.7. The molecule has 9 aromatic rings. The van der Waals surface area contributed by atoms with Gasteiger partial charge < -0.3 is 32.8 Å². The van der Waals surface area contributed by atoms with Gasteiger partial charge in [-0.25, -0.2) is 0 Å². The highest BCUT2D eigenvalue weighted by Gasteiger charge is 2.37. The van der Waals surface area contributed by atoms with Crippen molar-refractivity contribution in [3.8, 4) is 33.4 Å². The molecule has 0 aliphatic carbocycles. The minimum Gasteiger partial charge on any atom is -0.456 e. The molecule has 7 nitrogen and oxygen atoms in total. The molecule has 3 heterocycles. The molecule has 11 rings (SSSR count). The van der Waals surface area contributed by atoms with E-state index in [1.54, 1.807) is 0 Å². The van der Waals surface area contributed by atoms with E-state index in [1.807, 2.05) is 0 Å². The third kappa shape index (κ3) is 10.6. The van der Waals surface area contributed by atoms with Crippen LogP contribution in [0.2, 0.25) is 0 Å². The zero-order chi connectivity index (χ0) is 49.5. The molecular weight excluding hydrogens is 905 g/mol. The molecule has 0 bridgehead atoms. The Labute approximate surface area is 430 Å². The van der Waals surface area contributed by atoms with Crippen molar-refractivity contribution in [3.05, 3.63) is 157 Å². The SMILES string of the molecule is CCC1(COCCCCCOCc2ccc(-c3c4ccccc4c(-c4ccc(-c5ccc6oc7ccc(COCCCCCOCC8(CC)COC8)cc7c6c5)c5ccccc45)c4ccccc34)cc2)COC1. The summed E-state index contributed by atoms with van der Waals surface area (Å²) in [6.07, 6.45) is 8.63. The summed E-state index contributed by atoms with van der Waals surface area (Å²) in [7, 11) is 0.